The van der Waals surface area contributed by atoms with E-state index in [-0.39, 0.29) is 24.5 Å². The van der Waals surface area contributed by atoms with Crippen molar-refractivity contribution in [2.75, 3.05) is 20.8 Å². The number of halogens is 1. The van der Waals surface area contributed by atoms with Crippen molar-refractivity contribution in [3.8, 4) is 11.4 Å². The predicted octanol–water partition coefficient (Wildman–Crippen LogP) is 5.05. The quantitative estimate of drug-likeness (QED) is 0.322. The number of ether oxygens (including phenoxy) is 2. The number of aromatic amines is 1. The molecule has 2 heterocycles. The second-order valence-corrected chi connectivity index (χ2v) is 10.7. The van der Waals surface area contributed by atoms with Crippen LogP contribution in [-0.2, 0) is 14.9 Å². The highest BCUT2D eigenvalue weighted by molar-refractivity contribution is 5.99. The van der Waals surface area contributed by atoms with Gasteiger partial charge in [0, 0.05) is 40.7 Å². The Morgan fingerprint density at radius 2 is 1.97 bits per heavy atom. The third-order valence-corrected chi connectivity index (χ3v) is 7.72. The van der Waals surface area contributed by atoms with E-state index in [1.807, 2.05) is 0 Å². The Morgan fingerprint density at radius 3 is 2.62 bits per heavy atom. The molecule has 2 aromatic carbocycles. The molecule has 0 unspecified atom stereocenters. The monoisotopic (exact) mass is 509 g/mol. The Hall–Kier alpha value is -3.43. The van der Waals surface area contributed by atoms with Gasteiger partial charge in [0.1, 0.15) is 0 Å². The molecule has 0 saturated heterocycles. The van der Waals surface area contributed by atoms with Gasteiger partial charge < -0.3 is 24.3 Å². The number of hydrogen-bond acceptors (Lipinski definition) is 5. The van der Waals surface area contributed by atoms with Crippen molar-refractivity contribution in [3.63, 3.8) is 0 Å². The number of aliphatic hydroxyl groups is 1. The smallest absolute Gasteiger partial charge is 0.335 e. The Bertz CT molecular complexity index is 1480. The van der Waals surface area contributed by atoms with Gasteiger partial charge in [-0.05, 0) is 61.4 Å². The van der Waals surface area contributed by atoms with E-state index in [1.54, 1.807) is 25.4 Å². The maximum Gasteiger partial charge on any atom is 0.335 e. The molecule has 1 saturated carbocycles. The molecule has 0 spiro atoms. The summed E-state index contributed by atoms with van der Waals surface area (Å²) >= 11 is 0. The lowest BCUT2D eigenvalue weighted by Gasteiger charge is -2.35. The topological polar surface area (TPSA) is 110 Å². The van der Waals surface area contributed by atoms with E-state index in [4.69, 9.17) is 9.47 Å². The van der Waals surface area contributed by atoms with Gasteiger partial charge in [-0.25, -0.2) is 9.18 Å². The van der Waals surface area contributed by atoms with Crippen LogP contribution in [0.4, 0.5) is 4.39 Å². The molecule has 9 heteroatoms. The molecule has 2 aromatic heterocycles. The number of fused-ring (bicyclic) bond motifs is 2. The molecule has 0 bridgehead atoms. The van der Waals surface area contributed by atoms with Gasteiger partial charge in [-0.15, -0.1) is 0 Å². The molecule has 4 aromatic rings. The van der Waals surface area contributed by atoms with Gasteiger partial charge in [0.05, 0.1) is 30.9 Å². The molecule has 0 atom stereocenters. The highest BCUT2D eigenvalue weighted by atomic mass is 19.1. The van der Waals surface area contributed by atoms with Crippen molar-refractivity contribution < 1.29 is 28.9 Å². The zero-order valence-corrected chi connectivity index (χ0v) is 21.5. The van der Waals surface area contributed by atoms with Crippen molar-refractivity contribution in [1.29, 1.82) is 0 Å². The van der Waals surface area contributed by atoms with Crippen LogP contribution >= 0.6 is 0 Å². The lowest BCUT2D eigenvalue weighted by atomic mass is 9.73. The number of rotatable bonds is 7. The first-order chi connectivity index (χ1) is 17.6. The first-order valence-corrected chi connectivity index (χ1v) is 12.4. The lowest BCUT2D eigenvalue weighted by Crippen LogP contribution is -2.41. The first-order valence-electron chi connectivity index (χ1n) is 12.4. The van der Waals surface area contributed by atoms with E-state index in [1.165, 1.54) is 13.2 Å². The van der Waals surface area contributed by atoms with Crippen LogP contribution in [0.3, 0.4) is 0 Å². The van der Waals surface area contributed by atoms with E-state index in [0.29, 0.717) is 19.4 Å². The van der Waals surface area contributed by atoms with E-state index in [9.17, 15) is 19.4 Å². The van der Waals surface area contributed by atoms with Crippen LogP contribution in [0.15, 0.2) is 36.5 Å². The highest BCUT2D eigenvalue weighted by Crippen LogP contribution is 2.48. The summed E-state index contributed by atoms with van der Waals surface area (Å²) in [5.41, 5.74) is 2.48. The molecule has 0 radical (unpaired) electrons. The van der Waals surface area contributed by atoms with E-state index in [2.05, 4.69) is 40.7 Å². The average molecular weight is 510 g/mol. The van der Waals surface area contributed by atoms with E-state index < -0.39 is 22.8 Å². The zero-order chi connectivity index (χ0) is 26.5. The number of nitrogens with one attached hydrogen (secondary N) is 1. The summed E-state index contributed by atoms with van der Waals surface area (Å²) in [6.45, 7) is 4.64. The predicted molar refractivity (Wildman–Crippen MR) is 138 cm³/mol. The van der Waals surface area contributed by atoms with Crippen molar-refractivity contribution >= 4 is 27.8 Å². The number of carboxylic acids is 1. The second-order valence-electron chi connectivity index (χ2n) is 10.7. The van der Waals surface area contributed by atoms with Crippen LogP contribution in [0.2, 0.25) is 0 Å². The fraction of sp³-hybridized carbons (Fsp3) is 0.429. The van der Waals surface area contributed by atoms with Gasteiger partial charge in [-0.3, -0.25) is 5.10 Å². The zero-order valence-electron chi connectivity index (χ0n) is 21.5. The Balaban J connectivity index is 1.82. The summed E-state index contributed by atoms with van der Waals surface area (Å²) in [4.78, 5) is 11.7. The van der Waals surface area contributed by atoms with Crippen molar-refractivity contribution in [2.45, 2.75) is 56.5 Å². The van der Waals surface area contributed by atoms with Gasteiger partial charge in [-0.1, -0.05) is 13.8 Å². The summed E-state index contributed by atoms with van der Waals surface area (Å²) in [6, 6.07) is 8.97. The molecule has 196 valence electrons. The van der Waals surface area contributed by atoms with Crippen molar-refractivity contribution in [2.24, 2.45) is 0 Å². The summed E-state index contributed by atoms with van der Waals surface area (Å²) < 4.78 is 27.5. The Morgan fingerprint density at radius 1 is 1.24 bits per heavy atom. The largest absolute Gasteiger partial charge is 0.494 e. The minimum absolute atomic E-state index is 0.0113. The van der Waals surface area contributed by atoms with E-state index in [0.717, 1.165) is 38.8 Å². The normalized spacial score (nSPS) is 20.5. The molecule has 3 N–H and O–H groups in total. The SMILES string of the molecule is COCC(C)(C)c1c([C@H]2CC[C@](O)(C(=O)O)CC2)c2cc3[nH]ncc3cc2n1-c1ccc(F)c(OC)c1. The van der Waals surface area contributed by atoms with Crippen LogP contribution in [0.25, 0.3) is 27.5 Å². The number of carboxylic acid groups (broad SMARTS) is 1. The van der Waals surface area contributed by atoms with Gasteiger partial charge in [0.25, 0.3) is 0 Å². The summed E-state index contributed by atoms with van der Waals surface area (Å²) in [5, 5.41) is 29.4. The summed E-state index contributed by atoms with van der Waals surface area (Å²) in [7, 11) is 3.11. The summed E-state index contributed by atoms with van der Waals surface area (Å²) in [6.07, 6.45) is 3.14. The molecular weight excluding hydrogens is 477 g/mol. The molecule has 1 aliphatic carbocycles. The van der Waals surface area contributed by atoms with Crippen LogP contribution in [0.1, 0.15) is 56.7 Å². The first kappa shape index (κ1) is 25.2. The fourth-order valence-electron chi connectivity index (χ4n) is 5.91. The number of carbonyl (C=O) groups is 1. The van der Waals surface area contributed by atoms with Gasteiger partial charge in [-0.2, -0.15) is 5.10 Å². The van der Waals surface area contributed by atoms with Crippen molar-refractivity contribution in [1.82, 2.24) is 14.8 Å². The van der Waals surface area contributed by atoms with Crippen molar-refractivity contribution in [3.05, 3.63) is 53.6 Å². The average Bonchev–Trinajstić information content (AvgIpc) is 3.45. The maximum absolute atomic E-state index is 14.4. The molecular formula is C28H32FN3O5. The van der Waals surface area contributed by atoms with Crippen LogP contribution in [0, 0.1) is 5.82 Å². The number of aromatic nitrogens is 3. The van der Waals surface area contributed by atoms with Gasteiger partial charge in [0.2, 0.25) is 0 Å². The number of H-pyrrole nitrogens is 1. The lowest BCUT2D eigenvalue weighted by molar-refractivity contribution is -0.162. The van der Waals surface area contributed by atoms with Crippen LogP contribution in [-0.4, -0.2) is 57.4 Å². The molecule has 8 nitrogen and oxygen atoms in total. The Labute approximate surface area is 214 Å². The number of aliphatic carboxylic acids is 1. The van der Waals surface area contributed by atoms with Gasteiger partial charge in [0.15, 0.2) is 17.2 Å². The van der Waals surface area contributed by atoms with Crippen LogP contribution < -0.4 is 4.74 Å². The molecule has 0 aliphatic heterocycles. The molecule has 1 fully saturated rings. The van der Waals surface area contributed by atoms with Gasteiger partial charge >= 0.3 is 5.97 Å². The minimum atomic E-state index is -1.71. The number of benzene rings is 2. The minimum Gasteiger partial charge on any atom is -0.494 e. The summed E-state index contributed by atoms with van der Waals surface area (Å²) in [5.74, 6) is -1.47. The molecule has 0 amide bonds. The fourth-order valence-corrected chi connectivity index (χ4v) is 5.91. The molecule has 5 rings (SSSR count). The third kappa shape index (κ3) is 4.16. The maximum atomic E-state index is 14.4. The number of nitrogens with zero attached hydrogens (tertiary/aromatic N) is 2. The third-order valence-electron chi connectivity index (χ3n) is 7.72. The second kappa shape index (κ2) is 9.15. The van der Waals surface area contributed by atoms with Crippen LogP contribution in [0.5, 0.6) is 5.75 Å². The molecule has 37 heavy (non-hydrogen) atoms. The Kier molecular flexibility index (Phi) is 6.24. The standard InChI is InChI=1S/C28H32FN3O5/c1-27(2,15-36-3)25-24(16-7-9-28(35,10-8-16)26(33)34)19-13-21-17(14-30-31-21)11-22(19)32(25)18-5-6-20(29)23(12-18)37-4/h5-6,11-14,16,35H,7-10,15H2,1-4H3,(H,30,31)(H,33,34)/t16-,28+. The highest BCUT2D eigenvalue weighted by Gasteiger charge is 2.43. The number of methoxy groups -OCH3 is 2. The van der Waals surface area contributed by atoms with E-state index >= 15 is 0 Å². The number of hydrogen-bond donors (Lipinski definition) is 3. The molecule has 1 aliphatic rings.